The molecule has 0 unspecified atom stereocenters. The van der Waals surface area contributed by atoms with Crippen LogP contribution in [0.25, 0.3) is 0 Å². The average Bonchev–Trinajstić information content (AvgIpc) is 2.22. The van der Waals surface area contributed by atoms with E-state index < -0.39 is 5.97 Å². The summed E-state index contributed by atoms with van der Waals surface area (Å²) in [7, 11) is 3.93. The van der Waals surface area contributed by atoms with E-state index in [0.717, 1.165) is 0 Å². The first-order valence-electron chi connectivity index (χ1n) is 4.05. The van der Waals surface area contributed by atoms with E-state index in [1.165, 1.54) is 27.4 Å². The fourth-order valence-electron chi connectivity index (χ4n) is 0.774. The van der Waals surface area contributed by atoms with Crippen molar-refractivity contribution in [2.75, 3.05) is 21.3 Å². The predicted octanol–water partition coefficient (Wildman–Crippen LogP) is 0.643. The van der Waals surface area contributed by atoms with Crippen molar-refractivity contribution in [1.82, 2.24) is 0 Å². The van der Waals surface area contributed by atoms with Gasteiger partial charge in [0, 0.05) is 6.42 Å². The minimum atomic E-state index is -0.558. The molecule has 0 spiro atoms. The molecule has 0 rings (SSSR count). The molecule has 5 nitrogen and oxygen atoms in total. The van der Waals surface area contributed by atoms with E-state index in [2.05, 4.69) is 9.47 Å². The van der Waals surface area contributed by atoms with Crippen LogP contribution < -0.4 is 0 Å². The Kier molecular flexibility index (Phi) is 6.19. The van der Waals surface area contributed by atoms with Crippen LogP contribution in [-0.4, -0.2) is 33.3 Å². The van der Waals surface area contributed by atoms with Crippen molar-refractivity contribution < 1.29 is 23.8 Å². The summed E-state index contributed by atoms with van der Waals surface area (Å²) >= 11 is 0. The van der Waals surface area contributed by atoms with Crippen LogP contribution in [0.3, 0.4) is 0 Å². The molecule has 0 aromatic carbocycles. The van der Waals surface area contributed by atoms with Gasteiger partial charge in [-0.3, -0.25) is 4.79 Å². The largest absolute Gasteiger partial charge is 0.490 e. The summed E-state index contributed by atoms with van der Waals surface area (Å²) < 4.78 is 13.6. The number of methoxy groups -OCH3 is 3. The fourth-order valence-corrected chi connectivity index (χ4v) is 0.774. The van der Waals surface area contributed by atoms with E-state index >= 15 is 0 Å². The number of carbonyl (C=O) groups excluding carboxylic acids is 2. The number of hydrogen-bond donors (Lipinski definition) is 0. The molecule has 0 heterocycles. The molecular formula is C9H14O5. The van der Waals surface area contributed by atoms with Crippen molar-refractivity contribution in [2.24, 2.45) is 0 Å². The zero-order valence-corrected chi connectivity index (χ0v) is 8.53. The van der Waals surface area contributed by atoms with Gasteiger partial charge in [0.1, 0.15) is 0 Å². The molecule has 0 aliphatic heterocycles. The Morgan fingerprint density at radius 3 is 2.14 bits per heavy atom. The average molecular weight is 202 g/mol. The van der Waals surface area contributed by atoms with Gasteiger partial charge in [-0.1, -0.05) is 0 Å². The van der Waals surface area contributed by atoms with Crippen molar-refractivity contribution in [1.29, 1.82) is 0 Å². The van der Waals surface area contributed by atoms with Crippen molar-refractivity contribution in [2.45, 2.75) is 12.8 Å². The highest BCUT2D eigenvalue weighted by Crippen LogP contribution is 2.02. The lowest BCUT2D eigenvalue weighted by atomic mass is 10.3. The number of hydrogen-bond acceptors (Lipinski definition) is 5. The van der Waals surface area contributed by atoms with Gasteiger partial charge >= 0.3 is 11.9 Å². The standard InChI is InChI=1S/C9H14O5/c1-12-7(9(11)14-3)5-4-6-8(10)13-2/h5H,4,6H2,1-3H3. The highest BCUT2D eigenvalue weighted by molar-refractivity contribution is 5.86. The van der Waals surface area contributed by atoms with Crippen LogP contribution >= 0.6 is 0 Å². The molecule has 0 amide bonds. The lowest BCUT2D eigenvalue weighted by molar-refractivity contribution is -0.141. The molecule has 0 fully saturated rings. The molecule has 0 aliphatic rings. The predicted molar refractivity (Wildman–Crippen MR) is 48.4 cm³/mol. The van der Waals surface area contributed by atoms with Gasteiger partial charge in [0.2, 0.25) is 0 Å². The molecule has 0 aliphatic carbocycles. The molecule has 0 radical (unpaired) electrons. The third-order valence-electron chi connectivity index (χ3n) is 1.51. The molecule has 0 saturated carbocycles. The third kappa shape index (κ3) is 4.49. The van der Waals surface area contributed by atoms with E-state index in [0.29, 0.717) is 6.42 Å². The van der Waals surface area contributed by atoms with Crippen molar-refractivity contribution in [3.05, 3.63) is 11.8 Å². The van der Waals surface area contributed by atoms with Gasteiger partial charge < -0.3 is 14.2 Å². The van der Waals surface area contributed by atoms with Crippen LogP contribution in [0.4, 0.5) is 0 Å². The van der Waals surface area contributed by atoms with Crippen LogP contribution in [0, 0.1) is 0 Å². The van der Waals surface area contributed by atoms with Crippen LogP contribution in [-0.2, 0) is 23.8 Å². The lowest BCUT2D eigenvalue weighted by Crippen LogP contribution is -2.07. The molecular weight excluding hydrogens is 188 g/mol. The summed E-state index contributed by atoms with van der Waals surface area (Å²) in [5.41, 5.74) is 0. The molecule has 0 atom stereocenters. The van der Waals surface area contributed by atoms with Gasteiger partial charge in [0.05, 0.1) is 21.3 Å². The highest BCUT2D eigenvalue weighted by atomic mass is 16.6. The van der Waals surface area contributed by atoms with Gasteiger partial charge in [-0.15, -0.1) is 0 Å². The van der Waals surface area contributed by atoms with E-state index in [1.807, 2.05) is 0 Å². The topological polar surface area (TPSA) is 61.8 Å². The summed E-state index contributed by atoms with van der Waals surface area (Å²) in [6, 6.07) is 0. The van der Waals surface area contributed by atoms with Gasteiger partial charge in [-0.2, -0.15) is 0 Å². The second kappa shape index (κ2) is 6.94. The molecule has 5 heteroatoms. The monoisotopic (exact) mass is 202 g/mol. The maximum Gasteiger partial charge on any atom is 0.372 e. The van der Waals surface area contributed by atoms with Gasteiger partial charge in [0.15, 0.2) is 5.76 Å². The second-order valence-electron chi connectivity index (χ2n) is 2.38. The summed E-state index contributed by atoms with van der Waals surface area (Å²) in [4.78, 5) is 21.7. The van der Waals surface area contributed by atoms with E-state index in [1.54, 1.807) is 0 Å². The first-order valence-corrected chi connectivity index (χ1v) is 4.05. The summed E-state index contributed by atoms with van der Waals surface area (Å²) in [6.07, 6.45) is 2.08. The molecule has 0 aromatic rings. The second-order valence-corrected chi connectivity index (χ2v) is 2.38. The highest BCUT2D eigenvalue weighted by Gasteiger charge is 2.08. The Morgan fingerprint density at radius 2 is 1.71 bits per heavy atom. The molecule has 0 bridgehead atoms. The Hall–Kier alpha value is -1.52. The van der Waals surface area contributed by atoms with E-state index in [9.17, 15) is 9.59 Å². The minimum absolute atomic E-state index is 0.0939. The first kappa shape index (κ1) is 12.5. The number of ether oxygens (including phenoxy) is 3. The Bertz CT molecular complexity index is 231. The number of allylic oxidation sites excluding steroid dienone is 1. The van der Waals surface area contributed by atoms with Crippen LogP contribution in [0.1, 0.15) is 12.8 Å². The van der Waals surface area contributed by atoms with E-state index in [-0.39, 0.29) is 18.1 Å². The zero-order chi connectivity index (χ0) is 11.0. The summed E-state index contributed by atoms with van der Waals surface area (Å²) in [5.74, 6) is -0.796. The lowest BCUT2D eigenvalue weighted by Gasteiger charge is -2.02. The van der Waals surface area contributed by atoms with Crippen molar-refractivity contribution in [3.8, 4) is 0 Å². The zero-order valence-electron chi connectivity index (χ0n) is 8.53. The first-order chi connectivity index (χ1) is 6.65. The number of esters is 2. The van der Waals surface area contributed by atoms with Crippen LogP contribution in [0.15, 0.2) is 11.8 Å². The number of carbonyl (C=O) groups is 2. The molecule has 0 aromatic heterocycles. The van der Waals surface area contributed by atoms with Gasteiger partial charge in [-0.25, -0.2) is 4.79 Å². The smallest absolute Gasteiger partial charge is 0.372 e. The maximum atomic E-state index is 11.0. The van der Waals surface area contributed by atoms with Gasteiger partial charge in [-0.05, 0) is 12.5 Å². The van der Waals surface area contributed by atoms with Gasteiger partial charge in [0.25, 0.3) is 0 Å². The molecule has 0 N–H and O–H groups in total. The summed E-state index contributed by atoms with van der Waals surface area (Å²) in [6.45, 7) is 0. The maximum absolute atomic E-state index is 11.0. The quantitative estimate of drug-likeness (QED) is 0.372. The third-order valence-corrected chi connectivity index (χ3v) is 1.51. The molecule has 80 valence electrons. The molecule has 14 heavy (non-hydrogen) atoms. The SMILES string of the molecule is COC(=O)CCC=C(OC)C(=O)OC. The van der Waals surface area contributed by atoms with E-state index in [4.69, 9.17) is 4.74 Å². The Balaban J connectivity index is 4.06. The molecule has 0 saturated heterocycles. The van der Waals surface area contributed by atoms with Crippen LogP contribution in [0.5, 0.6) is 0 Å². The van der Waals surface area contributed by atoms with Crippen LogP contribution in [0.2, 0.25) is 0 Å². The minimum Gasteiger partial charge on any atom is -0.490 e. The normalized spacial score (nSPS) is 10.6. The van der Waals surface area contributed by atoms with Crippen molar-refractivity contribution >= 4 is 11.9 Å². The fraction of sp³-hybridized carbons (Fsp3) is 0.556. The summed E-state index contributed by atoms with van der Waals surface area (Å²) in [5, 5.41) is 0. The Labute approximate surface area is 82.6 Å². The van der Waals surface area contributed by atoms with Crippen molar-refractivity contribution in [3.63, 3.8) is 0 Å². The Morgan fingerprint density at radius 1 is 1.07 bits per heavy atom. The number of rotatable bonds is 5.